The number of aromatic nitrogens is 1. The van der Waals surface area contributed by atoms with Crippen molar-refractivity contribution in [1.82, 2.24) is 4.98 Å². The van der Waals surface area contributed by atoms with Crippen LogP contribution in [0, 0.1) is 5.92 Å². The quantitative estimate of drug-likeness (QED) is 0.868. The summed E-state index contributed by atoms with van der Waals surface area (Å²) in [5.74, 6) is 0.192. The fraction of sp³-hybridized carbons (Fsp3) is 0.368. The van der Waals surface area contributed by atoms with Gasteiger partial charge in [0.1, 0.15) is 0 Å². The summed E-state index contributed by atoms with van der Waals surface area (Å²) >= 11 is 0. The van der Waals surface area contributed by atoms with Crippen molar-refractivity contribution in [2.45, 2.75) is 25.9 Å². The Labute approximate surface area is 150 Å². The van der Waals surface area contributed by atoms with Crippen molar-refractivity contribution in [2.75, 3.05) is 23.3 Å². The normalized spacial score (nSPS) is 17.8. The molecule has 1 aromatic carbocycles. The minimum atomic E-state index is -4.40. The van der Waals surface area contributed by atoms with E-state index in [1.807, 2.05) is 0 Å². The van der Waals surface area contributed by atoms with Gasteiger partial charge in [-0.15, -0.1) is 0 Å². The molecule has 1 aromatic heterocycles. The summed E-state index contributed by atoms with van der Waals surface area (Å²) in [7, 11) is 0. The van der Waals surface area contributed by atoms with Crippen LogP contribution in [0.25, 0.3) is 0 Å². The first-order valence-electron chi connectivity index (χ1n) is 8.51. The first-order valence-corrected chi connectivity index (χ1v) is 8.51. The van der Waals surface area contributed by atoms with Gasteiger partial charge in [0, 0.05) is 25.0 Å². The predicted molar refractivity (Wildman–Crippen MR) is 94.2 cm³/mol. The summed E-state index contributed by atoms with van der Waals surface area (Å²) in [5, 5.41) is 2.61. The van der Waals surface area contributed by atoms with Crippen molar-refractivity contribution >= 4 is 17.3 Å². The third kappa shape index (κ3) is 4.33. The van der Waals surface area contributed by atoms with Crippen LogP contribution in [-0.2, 0) is 6.18 Å². The lowest BCUT2D eigenvalue weighted by Crippen LogP contribution is -2.34. The summed E-state index contributed by atoms with van der Waals surface area (Å²) in [4.78, 5) is 18.8. The Bertz CT molecular complexity index is 774. The molecule has 0 spiro atoms. The number of carbonyl (C=O) groups excluding carboxylic acids is 1. The van der Waals surface area contributed by atoms with Gasteiger partial charge in [-0.2, -0.15) is 13.2 Å². The van der Waals surface area contributed by atoms with Crippen LogP contribution in [0.1, 0.15) is 35.7 Å². The number of hydrogen-bond donors (Lipinski definition) is 1. The van der Waals surface area contributed by atoms with Crippen molar-refractivity contribution in [1.29, 1.82) is 0 Å². The topological polar surface area (TPSA) is 45.2 Å². The van der Waals surface area contributed by atoms with Gasteiger partial charge in [0.05, 0.1) is 23.0 Å². The van der Waals surface area contributed by atoms with E-state index in [2.05, 4.69) is 22.1 Å². The summed E-state index contributed by atoms with van der Waals surface area (Å²) in [5.41, 5.74) is 0.815. The molecule has 0 aliphatic carbocycles. The highest BCUT2D eigenvalue weighted by atomic mass is 19.4. The SMILES string of the molecule is CC1CCCN(c2cncc(C(=O)Nc3ccc(C(F)(F)F)cc3)c2)C1. The Hall–Kier alpha value is -2.57. The molecule has 7 heteroatoms. The minimum Gasteiger partial charge on any atom is -0.370 e. The molecule has 1 aliphatic rings. The molecule has 2 aromatic rings. The van der Waals surface area contributed by atoms with Gasteiger partial charge in [0.2, 0.25) is 0 Å². The van der Waals surface area contributed by atoms with Crippen LogP contribution in [0.15, 0.2) is 42.7 Å². The summed E-state index contributed by atoms with van der Waals surface area (Å²) in [6.45, 7) is 4.04. The number of benzene rings is 1. The molecule has 0 saturated carbocycles. The van der Waals surface area contributed by atoms with Crippen LogP contribution in [-0.4, -0.2) is 24.0 Å². The Balaban J connectivity index is 1.71. The van der Waals surface area contributed by atoms with Crippen molar-refractivity contribution in [2.24, 2.45) is 5.92 Å². The zero-order valence-electron chi connectivity index (χ0n) is 14.4. The average molecular weight is 363 g/mol. The molecular weight excluding hydrogens is 343 g/mol. The molecule has 3 rings (SSSR count). The number of amides is 1. The van der Waals surface area contributed by atoms with Gasteiger partial charge in [0.15, 0.2) is 0 Å². The molecule has 1 amide bonds. The zero-order valence-corrected chi connectivity index (χ0v) is 14.4. The molecule has 4 nitrogen and oxygen atoms in total. The third-order valence-corrected chi connectivity index (χ3v) is 4.48. The summed E-state index contributed by atoms with van der Waals surface area (Å²) < 4.78 is 37.8. The number of pyridine rings is 1. The second-order valence-electron chi connectivity index (χ2n) is 6.65. The van der Waals surface area contributed by atoms with Crippen molar-refractivity contribution < 1.29 is 18.0 Å². The maximum absolute atomic E-state index is 12.6. The molecule has 1 fully saturated rings. The summed E-state index contributed by atoms with van der Waals surface area (Å²) in [6.07, 6.45) is 1.08. The number of nitrogens with zero attached hydrogens (tertiary/aromatic N) is 2. The van der Waals surface area contributed by atoms with Gasteiger partial charge in [-0.05, 0) is 49.1 Å². The number of nitrogens with one attached hydrogen (secondary N) is 1. The van der Waals surface area contributed by atoms with Crippen LogP contribution >= 0.6 is 0 Å². The van der Waals surface area contributed by atoms with Gasteiger partial charge in [0.25, 0.3) is 5.91 Å². The number of halogens is 3. The second-order valence-corrected chi connectivity index (χ2v) is 6.65. The number of alkyl halides is 3. The highest BCUT2D eigenvalue weighted by Gasteiger charge is 2.30. The number of rotatable bonds is 3. The van der Waals surface area contributed by atoms with Crippen LogP contribution in [0.4, 0.5) is 24.5 Å². The molecule has 1 saturated heterocycles. The van der Waals surface area contributed by atoms with Crippen molar-refractivity contribution in [3.05, 3.63) is 53.9 Å². The number of piperidine rings is 1. The lowest BCUT2D eigenvalue weighted by atomic mass is 10.00. The average Bonchev–Trinajstić information content (AvgIpc) is 2.61. The van der Waals surface area contributed by atoms with Crippen LogP contribution < -0.4 is 10.2 Å². The van der Waals surface area contributed by atoms with E-state index in [9.17, 15) is 18.0 Å². The zero-order chi connectivity index (χ0) is 18.7. The fourth-order valence-corrected chi connectivity index (χ4v) is 3.09. The van der Waals surface area contributed by atoms with E-state index < -0.39 is 17.6 Å². The Morgan fingerprint density at radius 1 is 1.23 bits per heavy atom. The molecular formula is C19H20F3N3O. The molecule has 26 heavy (non-hydrogen) atoms. The van der Waals surface area contributed by atoms with E-state index in [0.29, 0.717) is 17.2 Å². The van der Waals surface area contributed by atoms with Crippen LogP contribution in [0.3, 0.4) is 0 Å². The highest BCUT2D eigenvalue weighted by Crippen LogP contribution is 2.30. The third-order valence-electron chi connectivity index (χ3n) is 4.48. The Kier molecular flexibility index (Phi) is 5.15. The van der Waals surface area contributed by atoms with E-state index in [1.54, 1.807) is 12.3 Å². The van der Waals surface area contributed by atoms with E-state index in [0.717, 1.165) is 37.3 Å². The molecule has 0 radical (unpaired) electrons. The van der Waals surface area contributed by atoms with E-state index >= 15 is 0 Å². The predicted octanol–water partition coefficient (Wildman–Crippen LogP) is 4.59. The lowest BCUT2D eigenvalue weighted by molar-refractivity contribution is -0.137. The number of anilines is 2. The standard InChI is InChI=1S/C19H20F3N3O/c1-13-3-2-8-25(12-13)17-9-14(10-23-11-17)18(26)24-16-6-4-15(5-7-16)19(20,21)22/h4-7,9-11,13H,2-3,8,12H2,1H3,(H,24,26). The van der Waals surface area contributed by atoms with Crippen LogP contribution in [0.5, 0.6) is 0 Å². The largest absolute Gasteiger partial charge is 0.416 e. The molecule has 1 atom stereocenters. The maximum Gasteiger partial charge on any atom is 0.416 e. The molecule has 1 aliphatic heterocycles. The fourth-order valence-electron chi connectivity index (χ4n) is 3.09. The summed E-state index contributed by atoms with van der Waals surface area (Å²) in [6, 6.07) is 6.14. The molecule has 1 unspecified atom stereocenters. The number of carbonyl (C=O) groups is 1. The lowest BCUT2D eigenvalue weighted by Gasteiger charge is -2.32. The monoisotopic (exact) mass is 363 g/mol. The second kappa shape index (κ2) is 7.35. The van der Waals surface area contributed by atoms with Gasteiger partial charge < -0.3 is 10.2 Å². The van der Waals surface area contributed by atoms with Gasteiger partial charge >= 0.3 is 6.18 Å². The Morgan fingerprint density at radius 2 is 1.96 bits per heavy atom. The minimum absolute atomic E-state index is 0.306. The van der Waals surface area contributed by atoms with Gasteiger partial charge in [-0.25, -0.2) is 0 Å². The first kappa shape index (κ1) is 18.2. The highest BCUT2D eigenvalue weighted by molar-refractivity contribution is 6.04. The molecule has 1 N–H and O–H groups in total. The molecule has 0 bridgehead atoms. The number of hydrogen-bond acceptors (Lipinski definition) is 3. The molecule has 138 valence electrons. The maximum atomic E-state index is 12.6. The smallest absolute Gasteiger partial charge is 0.370 e. The molecule has 2 heterocycles. The van der Waals surface area contributed by atoms with Gasteiger partial charge in [-0.1, -0.05) is 6.92 Å². The van der Waals surface area contributed by atoms with Crippen LogP contribution in [0.2, 0.25) is 0 Å². The van der Waals surface area contributed by atoms with E-state index in [4.69, 9.17) is 0 Å². The van der Waals surface area contributed by atoms with Gasteiger partial charge in [-0.3, -0.25) is 9.78 Å². The van der Waals surface area contributed by atoms with Crippen molar-refractivity contribution in [3.63, 3.8) is 0 Å². The van der Waals surface area contributed by atoms with Crippen molar-refractivity contribution in [3.8, 4) is 0 Å². The Morgan fingerprint density at radius 3 is 2.62 bits per heavy atom. The van der Waals surface area contributed by atoms with E-state index in [1.165, 1.54) is 24.8 Å². The first-order chi connectivity index (χ1) is 12.3. The van der Waals surface area contributed by atoms with E-state index in [-0.39, 0.29) is 0 Å².